The Bertz CT molecular complexity index is 885. The number of thiazole rings is 1. The molecule has 1 aromatic heterocycles. The van der Waals surface area contributed by atoms with Gasteiger partial charge in [0.15, 0.2) is 5.13 Å². The topological polar surface area (TPSA) is 54.0 Å². The first-order valence-corrected chi connectivity index (χ1v) is 10.6. The summed E-state index contributed by atoms with van der Waals surface area (Å²) >= 11 is 1.52. The molecule has 0 aliphatic carbocycles. The molecule has 5 heteroatoms. The van der Waals surface area contributed by atoms with E-state index in [1.807, 2.05) is 18.3 Å². The number of rotatable bonds is 9. The highest BCUT2D eigenvalue weighted by Crippen LogP contribution is 2.21. The van der Waals surface area contributed by atoms with Crippen molar-refractivity contribution in [3.8, 4) is 0 Å². The van der Waals surface area contributed by atoms with Crippen LogP contribution in [0.5, 0.6) is 0 Å². The van der Waals surface area contributed by atoms with Gasteiger partial charge in [-0.05, 0) is 43.0 Å². The molecule has 0 radical (unpaired) electrons. The summed E-state index contributed by atoms with van der Waals surface area (Å²) in [6.45, 7) is 4.50. The average Bonchev–Trinajstić information content (AvgIpc) is 3.14. The lowest BCUT2D eigenvalue weighted by molar-refractivity contribution is -0.114. The molecule has 0 bridgehead atoms. The van der Waals surface area contributed by atoms with Crippen molar-refractivity contribution in [3.63, 3.8) is 0 Å². The van der Waals surface area contributed by atoms with Crippen LogP contribution >= 0.6 is 11.3 Å². The third-order valence-corrected chi connectivity index (χ3v) is 5.44. The van der Waals surface area contributed by atoms with Crippen molar-refractivity contribution in [2.45, 2.75) is 39.5 Å². The van der Waals surface area contributed by atoms with Gasteiger partial charge in [0.1, 0.15) is 0 Å². The number of nitrogens with one attached hydrogen (secondary N) is 2. The van der Waals surface area contributed by atoms with Crippen LogP contribution in [-0.4, -0.2) is 17.4 Å². The molecule has 0 saturated carbocycles. The molecule has 0 spiro atoms. The fraction of sp³-hybridized carbons (Fsp3) is 0.304. The maximum absolute atomic E-state index is 12.2. The van der Waals surface area contributed by atoms with Crippen LogP contribution in [0.25, 0.3) is 0 Å². The predicted molar refractivity (Wildman–Crippen MR) is 118 cm³/mol. The van der Waals surface area contributed by atoms with Gasteiger partial charge in [-0.25, -0.2) is 4.98 Å². The van der Waals surface area contributed by atoms with E-state index in [-0.39, 0.29) is 12.5 Å². The summed E-state index contributed by atoms with van der Waals surface area (Å²) in [5.41, 5.74) is 4.79. The van der Waals surface area contributed by atoms with Crippen molar-refractivity contribution in [2.24, 2.45) is 0 Å². The summed E-state index contributed by atoms with van der Waals surface area (Å²) < 4.78 is 0. The van der Waals surface area contributed by atoms with Crippen molar-refractivity contribution in [2.75, 3.05) is 17.2 Å². The normalized spacial score (nSPS) is 10.6. The van der Waals surface area contributed by atoms with E-state index < -0.39 is 0 Å². The lowest BCUT2D eigenvalue weighted by Crippen LogP contribution is -2.21. The number of carbonyl (C=O) groups excluding carboxylic acids is 1. The highest BCUT2D eigenvalue weighted by atomic mass is 32.1. The summed E-state index contributed by atoms with van der Waals surface area (Å²) in [6.07, 6.45) is 6.17. The summed E-state index contributed by atoms with van der Waals surface area (Å²) in [5, 5.41) is 6.68. The molecule has 3 rings (SSSR count). The lowest BCUT2D eigenvalue weighted by Gasteiger charge is -2.07. The average molecular weight is 394 g/mol. The van der Waals surface area contributed by atoms with Gasteiger partial charge in [0, 0.05) is 23.2 Å². The van der Waals surface area contributed by atoms with Crippen molar-refractivity contribution in [1.29, 1.82) is 0 Å². The van der Waals surface area contributed by atoms with Crippen LogP contribution in [-0.2, 0) is 17.6 Å². The van der Waals surface area contributed by atoms with Crippen LogP contribution < -0.4 is 10.6 Å². The number of nitrogens with zero attached hydrogens (tertiary/aromatic N) is 1. The lowest BCUT2D eigenvalue weighted by atomic mass is 10.1. The first kappa shape index (κ1) is 20.1. The van der Waals surface area contributed by atoms with Crippen molar-refractivity contribution in [1.82, 2.24) is 4.98 Å². The Morgan fingerprint density at radius 3 is 2.46 bits per heavy atom. The van der Waals surface area contributed by atoms with Gasteiger partial charge in [-0.2, -0.15) is 0 Å². The van der Waals surface area contributed by atoms with Crippen molar-refractivity contribution < 1.29 is 4.79 Å². The van der Waals surface area contributed by atoms with Crippen LogP contribution in [0.4, 0.5) is 10.8 Å². The third kappa shape index (κ3) is 6.20. The van der Waals surface area contributed by atoms with Crippen LogP contribution in [0.2, 0.25) is 0 Å². The van der Waals surface area contributed by atoms with Gasteiger partial charge in [0.25, 0.3) is 0 Å². The fourth-order valence-electron chi connectivity index (χ4n) is 2.87. The van der Waals surface area contributed by atoms with E-state index in [2.05, 4.69) is 65.9 Å². The number of carbonyl (C=O) groups is 1. The molecule has 0 aliphatic heterocycles. The van der Waals surface area contributed by atoms with E-state index in [9.17, 15) is 4.79 Å². The van der Waals surface area contributed by atoms with E-state index >= 15 is 0 Å². The first-order valence-electron chi connectivity index (χ1n) is 9.75. The van der Waals surface area contributed by atoms with E-state index in [1.54, 1.807) is 0 Å². The second-order valence-corrected chi connectivity index (χ2v) is 8.11. The molecule has 146 valence electrons. The molecular formula is C23H27N3OS. The Balaban J connectivity index is 1.46. The highest BCUT2D eigenvalue weighted by molar-refractivity contribution is 7.15. The number of amides is 1. The van der Waals surface area contributed by atoms with Crippen LogP contribution in [0, 0.1) is 6.92 Å². The van der Waals surface area contributed by atoms with E-state index in [0.29, 0.717) is 5.13 Å². The molecular weight excluding hydrogens is 366 g/mol. The zero-order chi connectivity index (χ0) is 19.8. The second kappa shape index (κ2) is 10.0. The maximum Gasteiger partial charge on any atom is 0.245 e. The molecule has 0 saturated heterocycles. The Kier molecular flexibility index (Phi) is 7.20. The highest BCUT2D eigenvalue weighted by Gasteiger charge is 2.07. The largest absolute Gasteiger partial charge is 0.376 e. The molecule has 3 aromatic rings. The molecule has 1 heterocycles. The maximum atomic E-state index is 12.2. The third-order valence-electron chi connectivity index (χ3n) is 4.52. The van der Waals surface area contributed by atoms with E-state index in [1.165, 1.54) is 40.9 Å². The SMILES string of the molecule is CCCCc1ccc(NCC(=O)Nc2ncc(Cc3ccc(C)cc3)s2)cc1. The quantitative estimate of drug-likeness (QED) is 0.509. The van der Waals surface area contributed by atoms with E-state index in [0.717, 1.165) is 23.4 Å². The smallest absolute Gasteiger partial charge is 0.245 e. The Labute approximate surface area is 171 Å². The standard InChI is InChI=1S/C23H27N3OS/c1-3-4-5-18-10-12-20(13-11-18)24-16-22(27)26-23-25-15-21(28-23)14-19-8-6-17(2)7-9-19/h6-13,15,24H,3-5,14,16H2,1-2H3,(H,25,26,27). The molecule has 0 fully saturated rings. The molecule has 2 aromatic carbocycles. The zero-order valence-corrected chi connectivity index (χ0v) is 17.3. The first-order chi connectivity index (χ1) is 13.6. The van der Waals surface area contributed by atoms with Gasteiger partial charge in [-0.1, -0.05) is 55.3 Å². The number of benzene rings is 2. The summed E-state index contributed by atoms with van der Waals surface area (Å²) in [7, 11) is 0. The zero-order valence-electron chi connectivity index (χ0n) is 16.5. The number of anilines is 2. The number of hydrogen-bond acceptors (Lipinski definition) is 4. The number of hydrogen-bond donors (Lipinski definition) is 2. The molecule has 4 nitrogen and oxygen atoms in total. The van der Waals surface area contributed by atoms with Gasteiger partial charge in [-0.15, -0.1) is 11.3 Å². The minimum atomic E-state index is -0.0914. The van der Waals surface area contributed by atoms with Crippen molar-refractivity contribution in [3.05, 3.63) is 76.3 Å². The van der Waals surface area contributed by atoms with Crippen LogP contribution in [0.3, 0.4) is 0 Å². The minimum Gasteiger partial charge on any atom is -0.376 e. The Hall–Kier alpha value is -2.66. The number of aromatic nitrogens is 1. The Morgan fingerprint density at radius 1 is 1.04 bits per heavy atom. The van der Waals surface area contributed by atoms with Crippen molar-refractivity contribution >= 4 is 28.1 Å². The molecule has 28 heavy (non-hydrogen) atoms. The number of aryl methyl sites for hydroxylation is 2. The van der Waals surface area contributed by atoms with Gasteiger partial charge in [0.05, 0.1) is 6.54 Å². The summed E-state index contributed by atoms with van der Waals surface area (Å²) in [6, 6.07) is 16.8. The molecule has 0 aliphatic rings. The minimum absolute atomic E-state index is 0.0914. The summed E-state index contributed by atoms with van der Waals surface area (Å²) in [5.74, 6) is -0.0914. The second-order valence-electron chi connectivity index (χ2n) is 7.00. The van der Waals surface area contributed by atoms with Gasteiger partial charge >= 0.3 is 0 Å². The van der Waals surface area contributed by atoms with E-state index in [4.69, 9.17) is 0 Å². The molecule has 0 unspecified atom stereocenters. The van der Waals surface area contributed by atoms with Gasteiger partial charge < -0.3 is 10.6 Å². The number of unbranched alkanes of at least 4 members (excludes halogenated alkanes) is 1. The molecule has 2 N–H and O–H groups in total. The fourth-order valence-corrected chi connectivity index (χ4v) is 3.73. The Morgan fingerprint density at radius 2 is 1.75 bits per heavy atom. The summed E-state index contributed by atoms with van der Waals surface area (Å²) in [4.78, 5) is 17.7. The monoisotopic (exact) mass is 393 g/mol. The molecule has 1 amide bonds. The van der Waals surface area contributed by atoms with Crippen LogP contribution in [0.15, 0.2) is 54.7 Å². The van der Waals surface area contributed by atoms with Gasteiger partial charge in [0.2, 0.25) is 5.91 Å². The predicted octanol–water partition coefficient (Wildman–Crippen LogP) is 5.44. The molecule has 0 atom stereocenters. The van der Waals surface area contributed by atoms with Gasteiger partial charge in [-0.3, -0.25) is 4.79 Å². The van der Waals surface area contributed by atoms with Crippen LogP contribution in [0.1, 0.15) is 41.3 Å².